The molecule has 0 saturated heterocycles. The van der Waals surface area contributed by atoms with Gasteiger partial charge in [0.25, 0.3) is 5.56 Å². The molecule has 2 heterocycles. The normalized spacial score (nSPS) is 12.1. The number of nitrogens with zero attached hydrogens (tertiary/aromatic N) is 3. The van der Waals surface area contributed by atoms with E-state index < -0.39 is 6.04 Å². The van der Waals surface area contributed by atoms with Crippen LogP contribution in [0.1, 0.15) is 36.3 Å². The number of nitrogens with one attached hydrogen (secondary N) is 1. The van der Waals surface area contributed by atoms with Gasteiger partial charge in [-0.25, -0.2) is 0 Å². The van der Waals surface area contributed by atoms with Crippen LogP contribution in [0.5, 0.6) is 0 Å². The molecule has 4 aromatic rings. The molecule has 1 atom stereocenters. The maximum atomic E-state index is 13.3. The summed E-state index contributed by atoms with van der Waals surface area (Å²) in [7, 11) is 0. The van der Waals surface area contributed by atoms with Crippen LogP contribution in [-0.4, -0.2) is 20.3 Å². The molecule has 0 unspecified atom stereocenters. The molecule has 0 aliphatic rings. The summed E-state index contributed by atoms with van der Waals surface area (Å²) in [5.74, 6) is -0.0975. The second kappa shape index (κ2) is 8.22. The Bertz CT molecular complexity index is 1320. The first-order chi connectivity index (χ1) is 14.9. The molecule has 1 amide bonds. The Kier molecular flexibility index (Phi) is 5.46. The predicted molar refractivity (Wildman–Crippen MR) is 124 cm³/mol. The molecule has 0 aliphatic carbocycles. The van der Waals surface area contributed by atoms with E-state index in [1.165, 1.54) is 4.68 Å². The summed E-state index contributed by atoms with van der Waals surface area (Å²) in [5.41, 5.74) is 3.97. The molecule has 4 rings (SSSR count). The summed E-state index contributed by atoms with van der Waals surface area (Å²) in [6.45, 7) is 7.78. The molecule has 1 N–H and O–H groups in total. The Hall–Kier alpha value is -3.67. The Labute approximate surface area is 181 Å². The average molecular weight is 415 g/mol. The van der Waals surface area contributed by atoms with Gasteiger partial charge in [-0.05, 0) is 51.0 Å². The van der Waals surface area contributed by atoms with Crippen molar-refractivity contribution < 1.29 is 4.79 Å². The molecule has 31 heavy (non-hydrogen) atoms. The van der Waals surface area contributed by atoms with Crippen LogP contribution in [0.4, 0.5) is 5.69 Å². The smallest absolute Gasteiger partial charge is 0.281 e. The monoisotopic (exact) mass is 414 g/mol. The number of rotatable bonds is 5. The van der Waals surface area contributed by atoms with Crippen LogP contribution in [0.3, 0.4) is 0 Å². The van der Waals surface area contributed by atoms with Gasteiger partial charge in [0.15, 0.2) is 0 Å². The molecule has 0 spiro atoms. The summed E-state index contributed by atoms with van der Waals surface area (Å²) in [4.78, 5) is 26.5. The Balaban J connectivity index is 1.81. The number of fused-ring (bicyclic) bond motifs is 1. The minimum atomic E-state index is -0.434. The molecule has 2 aromatic carbocycles. The number of benzene rings is 2. The zero-order valence-corrected chi connectivity index (χ0v) is 18.2. The summed E-state index contributed by atoms with van der Waals surface area (Å²) < 4.78 is 3.38. The van der Waals surface area contributed by atoms with Gasteiger partial charge in [-0.1, -0.05) is 43.3 Å². The van der Waals surface area contributed by atoms with E-state index in [0.29, 0.717) is 17.5 Å². The second-order valence-electron chi connectivity index (χ2n) is 7.75. The van der Waals surface area contributed by atoms with Gasteiger partial charge in [0.2, 0.25) is 5.91 Å². The van der Waals surface area contributed by atoms with Gasteiger partial charge in [0.1, 0.15) is 6.04 Å². The van der Waals surface area contributed by atoms with Crippen LogP contribution in [0.15, 0.2) is 65.6 Å². The van der Waals surface area contributed by atoms with E-state index in [2.05, 4.69) is 10.4 Å². The molecular weight excluding hydrogens is 388 g/mol. The largest absolute Gasteiger partial charge is 0.335 e. The van der Waals surface area contributed by atoms with Crippen molar-refractivity contribution in [3.05, 3.63) is 88.1 Å². The van der Waals surface area contributed by atoms with Crippen LogP contribution in [0.2, 0.25) is 0 Å². The number of para-hydroxylation sites is 2. The minimum absolute atomic E-state index is 0.0975. The van der Waals surface area contributed by atoms with Gasteiger partial charge >= 0.3 is 0 Å². The third kappa shape index (κ3) is 3.54. The first-order valence-electron chi connectivity index (χ1n) is 10.4. The topological polar surface area (TPSA) is 68.9 Å². The zero-order valence-electron chi connectivity index (χ0n) is 18.2. The highest BCUT2D eigenvalue weighted by molar-refractivity contribution is 5.96. The van der Waals surface area contributed by atoms with Crippen molar-refractivity contribution in [2.75, 3.05) is 5.32 Å². The van der Waals surface area contributed by atoms with E-state index in [9.17, 15) is 9.59 Å². The first-order valence-corrected chi connectivity index (χ1v) is 10.4. The van der Waals surface area contributed by atoms with Crippen molar-refractivity contribution in [2.24, 2.45) is 0 Å². The number of hydrogen-bond acceptors (Lipinski definition) is 3. The van der Waals surface area contributed by atoms with Crippen molar-refractivity contribution in [2.45, 2.75) is 40.2 Å². The summed E-state index contributed by atoms with van der Waals surface area (Å²) in [6, 6.07) is 16.6. The van der Waals surface area contributed by atoms with Gasteiger partial charge in [-0.2, -0.15) is 9.78 Å². The minimum Gasteiger partial charge on any atom is -0.335 e. The molecule has 0 fully saturated rings. The van der Waals surface area contributed by atoms with Crippen LogP contribution in [0, 0.1) is 20.8 Å². The zero-order chi connectivity index (χ0) is 22.1. The first kappa shape index (κ1) is 20.6. The van der Waals surface area contributed by atoms with Gasteiger partial charge < -0.3 is 9.88 Å². The lowest BCUT2D eigenvalue weighted by Gasteiger charge is -2.21. The lowest BCUT2D eigenvalue weighted by atomic mass is 10.1. The number of carbonyl (C=O) groups is 1. The number of hydrogen-bond donors (Lipinski definition) is 1. The number of aryl methyl sites for hydroxylation is 3. The fourth-order valence-corrected chi connectivity index (χ4v) is 4.21. The lowest BCUT2D eigenvalue weighted by Crippen LogP contribution is -2.27. The summed E-state index contributed by atoms with van der Waals surface area (Å²) in [5, 5.41) is 8.81. The van der Waals surface area contributed by atoms with Crippen molar-refractivity contribution in [1.82, 2.24) is 14.3 Å². The third-order valence-corrected chi connectivity index (χ3v) is 5.86. The molecule has 0 saturated carbocycles. The van der Waals surface area contributed by atoms with Crippen LogP contribution in [0.25, 0.3) is 16.5 Å². The van der Waals surface area contributed by atoms with Crippen LogP contribution in [-0.2, 0) is 4.79 Å². The van der Waals surface area contributed by atoms with E-state index in [-0.39, 0.29) is 11.5 Å². The van der Waals surface area contributed by atoms with Crippen molar-refractivity contribution in [3.8, 4) is 5.69 Å². The average Bonchev–Trinajstić information content (AvgIpc) is 3.02. The van der Waals surface area contributed by atoms with Gasteiger partial charge in [0, 0.05) is 22.5 Å². The molecule has 0 bridgehead atoms. The molecule has 0 radical (unpaired) electrons. The standard InChI is InChI=1S/C25H26N4O2/c1-5-22(24(30)27-21-14-10-9-11-16(21)2)28-17(3)20-15-26-29(19-12-7-6-8-13-19)25(31)23(20)18(28)4/h6-15,22H,5H2,1-4H3,(H,27,30)/t22-/m1/s1. The van der Waals surface area contributed by atoms with Crippen molar-refractivity contribution in [3.63, 3.8) is 0 Å². The second-order valence-corrected chi connectivity index (χ2v) is 7.75. The van der Waals surface area contributed by atoms with E-state index in [0.717, 1.165) is 28.0 Å². The van der Waals surface area contributed by atoms with E-state index in [1.807, 2.05) is 86.9 Å². The van der Waals surface area contributed by atoms with Crippen molar-refractivity contribution >= 4 is 22.4 Å². The molecule has 2 aromatic heterocycles. The highest BCUT2D eigenvalue weighted by Gasteiger charge is 2.26. The number of amides is 1. The third-order valence-electron chi connectivity index (χ3n) is 5.86. The Morgan fingerprint density at radius 3 is 2.35 bits per heavy atom. The maximum absolute atomic E-state index is 13.3. The summed E-state index contributed by atoms with van der Waals surface area (Å²) in [6.07, 6.45) is 2.31. The van der Waals surface area contributed by atoms with Crippen molar-refractivity contribution in [1.29, 1.82) is 0 Å². The molecule has 158 valence electrons. The molecule has 0 aliphatic heterocycles. The number of aromatic nitrogens is 3. The SMILES string of the molecule is CC[C@H](C(=O)Nc1ccccc1C)n1c(C)c2cnn(-c3ccccc3)c(=O)c2c1C. The Morgan fingerprint density at radius 2 is 1.68 bits per heavy atom. The molecule has 6 heteroatoms. The number of anilines is 1. The van der Waals surface area contributed by atoms with Gasteiger partial charge in [-0.3, -0.25) is 9.59 Å². The quantitative estimate of drug-likeness (QED) is 0.515. The fourth-order valence-electron chi connectivity index (χ4n) is 4.21. The Morgan fingerprint density at radius 1 is 1.00 bits per heavy atom. The van der Waals surface area contributed by atoms with Crippen LogP contribution >= 0.6 is 0 Å². The molecular formula is C25H26N4O2. The highest BCUT2D eigenvalue weighted by atomic mass is 16.2. The van der Waals surface area contributed by atoms with E-state index >= 15 is 0 Å². The van der Waals surface area contributed by atoms with Crippen LogP contribution < -0.4 is 10.9 Å². The predicted octanol–water partition coefficient (Wildman–Crippen LogP) is 4.70. The highest BCUT2D eigenvalue weighted by Crippen LogP contribution is 2.29. The molecule has 6 nitrogen and oxygen atoms in total. The number of carbonyl (C=O) groups excluding carboxylic acids is 1. The van der Waals surface area contributed by atoms with E-state index in [4.69, 9.17) is 0 Å². The van der Waals surface area contributed by atoms with Gasteiger partial charge in [0.05, 0.1) is 17.3 Å². The summed E-state index contributed by atoms with van der Waals surface area (Å²) >= 11 is 0. The van der Waals surface area contributed by atoms with Gasteiger partial charge in [-0.15, -0.1) is 0 Å². The van der Waals surface area contributed by atoms with E-state index in [1.54, 1.807) is 6.20 Å². The fraction of sp³-hybridized carbons (Fsp3) is 0.240. The maximum Gasteiger partial charge on any atom is 0.281 e. The lowest BCUT2D eigenvalue weighted by molar-refractivity contribution is -0.119.